The molecular formula is C28H34N4S. The summed E-state index contributed by atoms with van der Waals surface area (Å²) in [5, 5.41) is 4.54. The first-order valence-electron chi connectivity index (χ1n) is 12.2. The molecule has 0 amide bonds. The maximum Gasteiger partial charge on any atom is 0.170 e. The van der Waals surface area contributed by atoms with Crippen LogP contribution in [-0.4, -0.2) is 25.6 Å². The van der Waals surface area contributed by atoms with E-state index in [1.54, 1.807) is 0 Å². The third-order valence-corrected chi connectivity index (χ3v) is 7.83. The van der Waals surface area contributed by atoms with Crippen molar-refractivity contribution in [2.45, 2.75) is 77.9 Å². The van der Waals surface area contributed by atoms with Crippen LogP contribution in [0.25, 0.3) is 5.69 Å². The Morgan fingerprint density at radius 2 is 1.76 bits per heavy atom. The molecule has 1 aromatic carbocycles. The van der Waals surface area contributed by atoms with Gasteiger partial charge in [0.2, 0.25) is 0 Å². The van der Waals surface area contributed by atoms with E-state index in [1.807, 2.05) is 12.3 Å². The number of aryl methyl sites for hydroxylation is 3. The van der Waals surface area contributed by atoms with E-state index in [0.29, 0.717) is 6.04 Å². The van der Waals surface area contributed by atoms with E-state index >= 15 is 0 Å². The van der Waals surface area contributed by atoms with Crippen molar-refractivity contribution in [3.63, 3.8) is 0 Å². The number of nitrogens with zero attached hydrogens (tertiary/aromatic N) is 3. The van der Waals surface area contributed by atoms with Crippen molar-refractivity contribution in [2.24, 2.45) is 0 Å². The average Bonchev–Trinajstić information content (AvgIpc) is 3.32. The summed E-state index contributed by atoms with van der Waals surface area (Å²) < 4.78 is 2.42. The lowest BCUT2D eigenvalue weighted by Gasteiger charge is -2.37. The van der Waals surface area contributed by atoms with Crippen LogP contribution in [-0.2, 0) is 0 Å². The molecule has 2 atom stereocenters. The van der Waals surface area contributed by atoms with Crippen LogP contribution in [0.2, 0.25) is 0 Å². The molecule has 5 rings (SSSR count). The average molecular weight is 459 g/mol. The van der Waals surface area contributed by atoms with Crippen molar-refractivity contribution in [1.29, 1.82) is 0 Å². The highest BCUT2D eigenvalue weighted by atomic mass is 32.1. The van der Waals surface area contributed by atoms with Gasteiger partial charge in [0, 0.05) is 29.3 Å². The molecule has 3 heterocycles. The summed E-state index contributed by atoms with van der Waals surface area (Å²) in [6.45, 7) is 8.85. The van der Waals surface area contributed by atoms with E-state index in [-0.39, 0.29) is 12.1 Å². The number of aromatic nitrogens is 2. The lowest BCUT2D eigenvalue weighted by atomic mass is 9.90. The zero-order valence-corrected chi connectivity index (χ0v) is 21.0. The van der Waals surface area contributed by atoms with Gasteiger partial charge in [0.25, 0.3) is 0 Å². The second-order valence-corrected chi connectivity index (χ2v) is 10.2. The van der Waals surface area contributed by atoms with E-state index in [1.165, 1.54) is 65.9 Å². The Morgan fingerprint density at radius 1 is 0.970 bits per heavy atom. The quantitative estimate of drug-likeness (QED) is 0.458. The number of thiocarbonyl (C=S) groups is 1. The SMILES string of the molecule is Cc1ccc(C)c(-n2c(C)cc(C3C(c4ccccn4)NC(=S)N3C3CCCCC3)c2C)c1. The fourth-order valence-electron chi connectivity index (χ4n) is 5.87. The molecule has 1 aliphatic carbocycles. The summed E-state index contributed by atoms with van der Waals surface area (Å²) in [4.78, 5) is 7.25. The monoisotopic (exact) mass is 458 g/mol. The fourth-order valence-corrected chi connectivity index (χ4v) is 6.26. The third kappa shape index (κ3) is 3.97. The van der Waals surface area contributed by atoms with Gasteiger partial charge in [0.05, 0.1) is 17.8 Å². The van der Waals surface area contributed by atoms with Gasteiger partial charge in [-0.1, -0.05) is 37.5 Å². The number of nitrogens with one attached hydrogen (secondary N) is 1. The predicted octanol–water partition coefficient (Wildman–Crippen LogP) is 6.41. The molecular weight excluding hydrogens is 424 g/mol. The van der Waals surface area contributed by atoms with Crippen LogP contribution >= 0.6 is 12.2 Å². The van der Waals surface area contributed by atoms with Gasteiger partial charge in [-0.05, 0) is 93.7 Å². The minimum atomic E-state index is 0.0492. The Bertz CT molecular complexity index is 1160. The van der Waals surface area contributed by atoms with E-state index < -0.39 is 0 Å². The zero-order chi connectivity index (χ0) is 23.1. The van der Waals surface area contributed by atoms with E-state index in [2.05, 4.69) is 78.9 Å². The predicted molar refractivity (Wildman–Crippen MR) is 139 cm³/mol. The molecule has 3 aromatic rings. The minimum absolute atomic E-state index is 0.0492. The first kappa shape index (κ1) is 22.1. The van der Waals surface area contributed by atoms with Crippen LogP contribution in [0.1, 0.15) is 78.0 Å². The van der Waals surface area contributed by atoms with Gasteiger partial charge in [-0.2, -0.15) is 0 Å². The third-order valence-electron chi connectivity index (χ3n) is 7.50. The summed E-state index contributed by atoms with van der Waals surface area (Å²) in [6.07, 6.45) is 8.21. The van der Waals surface area contributed by atoms with Crippen molar-refractivity contribution in [3.8, 4) is 5.69 Å². The molecule has 1 saturated carbocycles. The number of pyridine rings is 1. The molecule has 0 spiro atoms. The molecule has 0 radical (unpaired) electrons. The topological polar surface area (TPSA) is 33.1 Å². The lowest BCUT2D eigenvalue weighted by molar-refractivity contribution is 0.197. The first-order valence-corrected chi connectivity index (χ1v) is 12.6. The van der Waals surface area contributed by atoms with Crippen LogP contribution in [0.5, 0.6) is 0 Å². The molecule has 4 nitrogen and oxygen atoms in total. The van der Waals surface area contributed by atoms with Crippen molar-refractivity contribution in [1.82, 2.24) is 19.8 Å². The second kappa shape index (κ2) is 8.94. The van der Waals surface area contributed by atoms with Crippen LogP contribution in [0.4, 0.5) is 0 Å². The lowest BCUT2D eigenvalue weighted by Crippen LogP contribution is -2.40. The Kier molecular flexibility index (Phi) is 6.00. The highest BCUT2D eigenvalue weighted by Gasteiger charge is 2.44. The molecule has 2 aromatic heterocycles. The van der Waals surface area contributed by atoms with Crippen LogP contribution < -0.4 is 5.32 Å². The number of rotatable bonds is 4. The maximum atomic E-state index is 5.97. The smallest absolute Gasteiger partial charge is 0.170 e. The summed E-state index contributed by atoms with van der Waals surface area (Å²) in [5.74, 6) is 0. The number of benzene rings is 1. The van der Waals surface area contributed by atoms with E-state index in [9.17, 15) is 0 Å². The van der Waals surface area contributed by atoms with Gasteiger partial charge < -0.3 is 14.8 Å². The first-order chi connectivity index (χ1) is 16.0. The number of hydrogen-bond acceptors (Lipinski definition) is 2. The summed E-state index contributed by atoms with van der Waals surface area (Å²) in [7, 11) is 0. The van der Waals surface area contributed by atoms with Crippen molar-refractivity contribution < 1.29 is 0 Å². The Hall–Kier alpha value is -2.66. The molecule has 33 heavy (non-hydrogen) atoms. The van der Waals surface area contributed by atoms with Crippen LogP contribution in [0.3, 0.4) is 0 Å². The van der Waals surface area contributed by atoms with Gasteiger partial charge in [-0.15, -0.1) is 0 Å². The van der Waals surface area contributed by atoms with E-state index in [4.69, 9.17) is 17.2 Å². The second-order valence-electron chi connectivity index (χ2n) is 9.78. The highest BCUT2D eigenvalue weighted by molar-refractivity contribution is 7.80. The highest BCUT2D eigenvalue weighted by Crippen LogP contribution is 2.44. The Labute approximate surface area is 203 Å². The zero-order valence-electron chi connectivity index (χ0n) is 20.1. The molecule has 1 N–H and O–H groups in total. The molecule has 0 bridgehead atoms. The molecule has 172 valence electrons. The van der Waals surface area contributed by atoms with Gasteiger partial charge in [0.15, 0.2) is 5.11 Å². The minimum Gasteiger partial charge on any atom is -0.352 e. The summed E-state index contributed by atoms with van der Waals surface area (Å²) in [5.41, 5.74) is 8.80. The fraction of sp³-hybridized carbons (Fsp3) is 0.429. The Balaban J connectivity index is 1.65. The van der Waals surface area contributed by atoms with Crippen molar-refractivity contribution in [2.75, 3.05) is 0 Å². The molecule has 2 fully saturated rings. The molecule has 2 unspecified atom stereocenters. The molecule has 1 saturated heterocycles. The maximum absolute atomic E-state index is 5.97. The largest absolute Gasteiger partial charge is 0.352 e. The van der Waals surface area contributed by atoms with Crippen LogP contribution in [0, 0.1) is 27.7 Å². The van der Waals surface area contributed by atoms with Crippen molar-refractivity contribution >= 4 is 17.3 Å². The van der Waals surface area contributed by atoms with Gasteiger partial charge in [0.1, 0.15) is 0 Å². The van der Waals surface area contributed by atoms with E-state index in [0.717, 1.165) is 10.8 Å². The van der Waals surface area contributed by atoms with Gasteiger partial charge in [-0.3, -0.25) is 4.98 Å². The van der Waals surface area contributed by atoms with Crippen molar-refractivity contribution in [3.05, 3.63) is 82.4 Å². The standard InChI is InChI=1S/C28H34N4S/c1-18-13-14-19(2)25(16-18)31-20(3)17-23(21(31)4)27-26(24-12-8-9-15-29-24)30-28(33)32(27)22-10-6-5-7-11-22/h8-9,12-17,22,26-27H,5-7,10-11H2,1-4H3,(H,30,33). The normalized spacial score (nSPS) is 21.5. The summed E-state index contributed by atoms with van der Waals surface area (Å²) in [6, 6.07) is 15.9. The summed E-state index contributed by atoms with van der Waals surface area (Å²) >= 11 is 5.97. The van der Waals surface area contributed by atoms with Gasteiger partial charge in [-0.25, -0.2) is 0 Å². The molecule has 5 heteroatoms. The van der Waals surface area contributed by atoms with Gasteiger partial charge >= 0.3 is 0 Å². The molecule has 2 aliphatic rings. The number of hydrogen-bond donors (Lipinski definition) is 1. The molecule has 1 aliphatic heterocycles. The van der Waals surface area contributed by atoms with Crippen LogP contribution in [0.15, 0.2) is 48.7 Å². The Morgan fingerprint density at radius 3 is 2.48 bits per heavy atom.